The van der Waals surface area contributed by atoms with Crippen molar-refractivity contribution in [2.45, 2.75) is 103 Å². The van der Waals surface area contributed by atoms with E-state index >= 15 is 0 Å². The Morgan fingerprint density at radius 1 is 0.619 bits per heavy atom. The first-order valence-electron chi connectivity index (χ1n) is 15.6. The van der Waals surface area contributed by atoms with E-state index in [0.717, 1.165) is 25.9 Å². The molecule has 0 radical (unpaired) electrons. The fraction of sp³-hybridized carbons (Fsp3) is 0.625. The van der Waals surface area contributed by atoms with Gasteiger partial charge in [0.25, 0.3) is 0 Å². The summed E-state index contributed by atoms with van der Waals surface area (Å²) in [5, 5.41) is 6.62. The molecule has 4 amide bonds. The Labute approximate surface area is 251 Å². The number of nitrogens with two attached hydrogens (primary N) is 2. The molecule has 234 valence electrons. The van der Waals surface area contributed by atoms with E-state index in [1.54, 1.807) is 46.5 Å². The third-order valence-corrected chi connectivity index (χ3v) is 7.76. The van der Waals surface area contributed by atoms with Gasteiger partial charge < -0.3 is 31.9 Å². The van der Waals surface area contributed by atoms with Crippen LogP contribution < -0.4 is 22.1 Å². The van der Waals surface area contributed by atoms with E-state index in [1.165, 1.54) is 64.2 Å². The van der Waals surface area contributed by atoms with E-state index in [9.17, 15) is 19.2 Å². The third-order valence-electron chi connectivity index (χ3n) is 7.76. The summed E-state index contributed by atoms with van der Waals surface area (Å²) in [6, 6.07) is -0.523. The first-order chi connectivity index (χ1) is 20.2. The molecule has 0 saturated heterocycles. The van der Waals surface area contributed by atoms with Gasteiger partial charge in [-0.2, -0.15) is 0 Å². The highest BCUT2D eigenvalue weighted by Crippen LogP contribution is 2.13. The van der Waals surface area contributed by atoms with Gasteiger partial charge in [-0.3, -0.25) is 19.2 Å². The molecule has 2 heterocycles. The largest absolute Gasteiger partial charge is 0.366 e. The van der Waals surface area contributed by atoms with Crippen LogP contribution in [0.5, 0.6) is 0 Å². The minimum atomic E-state index is -0.475. The minimum Gasteiger partial charge on any atom is -0.366 e. The lowest BCUT2D eigenvalue weighted by atomic mass is 10.0. The van der Waals surface area contributed by atoms with E-state index in [2.05, 4.69) is 10.6 Å². The fourth-order valence-electron chi connectivity index (χ4n) is 5.01. The standard InChI is InChI=1S/C32H52N6O4/c1-25(31(41)37-21-15-27(16-22-37)29(33)39)35-19-13-11-9-7-5-3-4-6-8-10-12-14-20-36-26(2)32(42)38-23-17-28(18-24-38)30(34)40/h15-18,21,23,25-26,35-36H,3-14,19-20,22,24H2,1-2H3,(H2,33,39)(H2,34,40). The smallest absolute Gasteiger partial charge is 0.248 e. The predicted octanol–water partition coefficient (Wildman–Crippen LogP) is 3.16. The Bertz CT molecular complexity index is 938. The summed E-state index contributed by atoms with van der Waals surface area (Å²) >= 11 is 0. The highest BCUT2D eigenvalue weighted by atomic mass is 16.2. The molecule has 2 atom stereocenters. The molecule has 2 unspecified atom stereocenters. The lowest BCUT2D eigenvalue weighted by Crippen LogP contribution is -2.43. The van der Waals surface area contributed by atoms with Crippen LogP contribution in [-0.4, -0.2) is 71.7 Å². The number of unbranched alkanes of at least 4 members (excludes halogenated alkanes) is 11. The number of nitrogens with zero attached hydrogens (tertiary/aromatic N) is 2. The first kappa shape index (κ1) is 35.0. The number of primary amides is 2. The first-order valence-corrected chi connectivity index (χ1v) is 15.6. The van der Waals surface area contributed by atoms with Crippen molar-refractivity contribution < 1.29 is 19.2 Å². The maximum Gasteiger partial charge on any atom is 0.248 e. The molecule has 0 bridgehead atoms. The van der Waals surface area contributed by atoms with Crippen LogP contribution in [0.2, 0.25) is 0 Å². The number of hydrogen-bond donors (Lipinski definition) is 4. The summed E-state index contributed by atoms with van der Waals surface area (Å²) in [5.74, 6) is -0.957. The number of carbonyl (C=O) groups excluding carboxylic acids is 4. The van der Waals surface area contributed by atoms with Crippen molar-refractivity contribution in [1.29, 1.82) is 0 Å². The number of rotatable bonds is 21. The third kappa shape index (κ3) is 13.2. The SMILES string of the molecule is CC(NCCCCCCCCCCCCCCNC(C)C(=O)N1C=CC(C(N)=O)=CC1)C(=O)N1C=CC(C(N)=O)=CC1. The van der Waals surface area contributed by atoms with Gasteiger partial charge in [0.05, 0.1) is 12.1 Å². The van der Waals surface area contributed by atoms with Crippen LogP contribution in [0.15, 0.2) is 47.9 Å². The molecule has 10 heteroatoms. The quantitative estimate of drug-likeness (QED) is 0.152. The van der Waals surface area contributed by atoms with Gasteiger partial charge in [-0.05, 0) is 51.9 Å². The van der Waals surface area contributed by atoms with Gasteiger partial charge in [0.15, 0.2) is 0 Å². The zero-order valence-corrected chi connectivity index (χ0v) is 25.6. The molecular weight excluding hydrogens is 532 g/mol. The van der Waals surface area contributed by atoms with E-state index in [-0.39, 0.29) is 23.9 Å². The number of amides is 4. The van der Waals surface area contributed by atoms with Crippen LogP contribution in [0.1, 0.15) is 90.9 Å². The molecule has 0 aromatic rings. The van der Waals surface area contributed by atoms with Crippen molar-refractivity contribution in [3.8, 4) is 0 Å². The Kier molecular flexibility index (Phi) is 16.5. The maximum atomic E-state index is 12.5. The Morgan fingerprint density at radius 2 is 0.929 bits per heavy atom. The monoisotopic (exact) mass is 584 g/mol. The molecule has 2 aliphatic rings. The highest BCUT2D eigenvalue weighted by Gasteiger charge is 2.21. The van der Waals surface area contributed by atoms with Gasteiger partial charge in [0.2, 0.25) is 23.6 Å². The molecular formula is C32H52N6O4. The van der Waals surface area contributed by atoms with Crippen LogP contribution in [0.3, 0.4) is 0 Å². The van der Waals surface area contributed by atoms with Crippen molar-refractivity contribution >= 4 is 23.6 Å². The van der Waals surface area contributed by atoms with Crippen LogP contribution in [0, 0.1) is 0 Å². The van der Waals surface area contributed by atoms with Crippen LogP contribution in [0.4, 0.5) is 0 Å². The summed E-state index contributed by atoms with van der Waals surface area (Å²) in [6.07, 6.45) is 24.4. The average Bonchev–Trinajstić information content (AvgIpc) is 2.99. The predicted molar refractivity (Wildman–Crippen MR) is 167 cm³/mol. The Morgan fingerprint density at radius 3 is 1.19 bits per heavy atom. The lowest BCUT2D eigenvalue weighted by molar-refractivity contribution is -0.130. The van der Waals surface area contributed by atoms with Crippen LogP contribution >= 0.6 is 0 Å². The second kappa shape index (κ2) is 19.8. The molecule has 0 fully saturated rings. The van der Waals surface area contributed by atoms with Gasteiger partial charge in [0.1, 0.15) is 0 Å². The second-order valence-corrected chi connectivity index (χ2v) is 11.3. The molecule has 2 aliphatic heterocycles. The van der Waals surface area contributed by atoms with Gasteiger partial charge in [-0.1, -0.05) is 76.4 Å². The van der Waals surface area contributed by atoms with Crippen molar-refractivity contribution in [1.82, 2.24) is 20.4 Å². The van der Waals surface area contributed by atoms with Gasteiger partial charge in [-0.25, -0.2) is 0 Å². The zero-order chi connectivity index (χ0) is 30.7. The van der Waals surface area contributed by atoms with E-state index in [0.29, 0.717) is 24.2 Å². The average molecular weight is 585 g/mol. The summed E-state index contributed by atoms with van der Waals surface area (Å²) in [6.45, 7) is 6.15. The molecule has 10 nitrogen and oxygen atoms in total. The number of carbonyl (C=O) groups is 4. The van der Waals surface area contributed by atoms with Crippen molar-refractivity contribution in [3.05, 3.63) is 47.9 Å². The molecule has 0 aromatic carbocycles. The Hall–Kier alpha value is -3.24. The Balaban J connectivity index is 1.34. The fourth-order valence-corrected chi connectivity index (χ4v) is 5.01. The summed E-state index contributed by atoms with van der Waals surface area (Å²) in [4.78, 5) is 50.6. The lowest BCUT2D eigenvalue weighted by Gasteiger charge is -2.24. The summed E-state index contributed by atoms with van der Waals surface area (Å²) < 4.78 is 0. The number of nitrogens with one attached hydrogen (secondary N) is 2. The molecule has 6 N–H and O–H groups in total. The van der Waals surface area contributed by atoms with Gasteiger partial charge >= 0.3 is 0 Å². The molecule has 2 rings (SSSR count). The van der Waals surface area contributed by atoms with Gasteiger partial charge in [-0.15, -0.1) is 0 Å². The second-order valence-electron chi connectivity index (χ2n) is 11.3. The van der Waals surface area contributed by atoms with Crippen LogP contribution in [0.25, 0.3) is 0 Å². The van der Waals surface area contributed by atoms with E-state index in [4.69, 9.17) is 11.5 Å². The summed E-state index contributed by atoms with van der Waals surface area (Å²) in [7, 11) is 0. The van der Waals surface area contributed by atoms with Gasteiger partial charge in [0, 0.05) is 36.6 Å². The molecule has 0 aliphatic carbocycles. The number of hydrogen-bond acceptors (Lipinski definition) is 6. The molecule has 0 aromatic heterocycles. The highest BCUT2D eigenvalue weighted by molar-refractivity contribution is 5.96. The van der Waals surface area contributed by atoms with E-state index in [1.807, 2.05) is 13.8 Å². The van der Waals surface area contributed by atoms with Crippen molar-refractivity contribution in [3.63, 3.8) is 0 Å². The normalized spacial score (nSPS) is 16.1. The zero-order valence-electron chi connectivity index (χ0n) is 25.6. The van der Waals surface area contributed by atoms with E-state index < -0.39 is 11.8 Å². The molecule has 42 heavy (non-hydrogen) atoms. The van der Waals surface area contributed by atoms with Crippen LogP contribution in [-0.2, 0) is 19.2 Å². The van der Waals surface area contributed by atoms with Crippen molar-refractivity contribution in [2.24, 2.45) is 11.5 Å². The topological polar surface area (TPSA) is 151 Å². The van der Waals surface area contributed by atoms with Crippen molar-refractivity contribution in [2.75, 3.05) is 26.2 Å². The molecule has 0 spiro atoms. The molecule has 0 saturated carbocycles. The minimum absolute atomic E-state index is 0.00344. The maximum absolute atomic E-state index is 12.5. The summed E-state index contributed by atoms with van der Waals surface area (Å²) in [5.41, 5.74) is 11.4.